The molecule has 0 aliphatic heterocycles. The van der Waals surface area contributed by atoms with Crippen LogP contribution in [0.15, 0.2) is 59.6 Å². The molecule has 1 heterocycles. The van der Waals surface area contributed by atoms with E-state index in [1.807, 2.05) is 0 Å². The van der Waals surface area contributed by atoms with Crippen LogP contribution in [-0.2, 0) is 9.84 Å². The Balaban J connectivity index is 0.00000155. The highest BCUT2D eigenvalue weighted by Gasteiger charge is 2.35. The summed E-state index contributed by atoms with van der Waals surface area (Å²) in [6, 6.07) is 9.16. The Morgan fingerprint density at radius 2 is 1.67 bits per heavy atom. The standard InChI is InChI=1S/C18H13Cl2F2N3O2S.CH4S/c19-10-1-4-12(5-2-10)28(26,27)18(14-7-11(21)3-6-16(14)22)13-8-17(25-23)24-9-15(13)20;1-2/h1-9,18H,23H2,(H,24,25);2H,1H3. The fraction of sp³-hybridized carbons (Fsp3) is 0.105. The number of benzene rings is 2. The molecule has 0 spiro atoms. The van der Waals surface area contributed by atoms with E-state index in [2.05, 4.69) is 23.0 Å². The van der Waals surface area contributed by atoms with Gasteiger partial charge in [0.25, 0.3) is 0 Å². The number of hydrogen-bond donors (Lipinski definition) is 3. The van der Waals surface area contributed by atoms with Crippen molar-refractivity contribution in [3.05, 3.63) is 87.5 Å². The lowest BCUT2D eigenvalue weighted by molar-refractivity contribution is 0.569. The third kappa shape index (κ3) is 5.22. The van der Waals surface area contributed by atoms with E-state index in [4.69, 9.17) is 29.0 Å². The number of hydrazine groups is 1. The van der Waals surface area contributed by atoms with Crippen molar-refractivity contribution < 1.29 is 17.2 Å². The molecule has 30 heavy (non-hydrogen) atoms. The second kappa shape index (κ2) is 10.4. The summed E-state index contributed by atoms with van der Waals surface area (Å²) in [6.45, 7) is 0. The molecule has 1 unspecified atom stereocenters. The summed E-state index contributed by atoms with van der Waals surface area (Å²) in [5.41, 5.74) is 1.87. The highest BCUT2D eigenvalue weighted by atomic mass is 35.5. The van der Waals surface area contributed by atoms with Crippen LogP contribution in [0.3, 0.4) is 0 Å². The summed E-state index contributed by atoms with van der Waals surface area (Å²) in [7, 11) is -4.26. The Hall–Kier alpha value is -1.91. The quantitative estimate of drug-likeness (QED) is 0.263. The third-order valence-corrected chi connectivity index (χ3v) is 6.63. The zero-order chi connectivity index (χ0) is 22.5. The lowest BCUT2D eigenvalue weighted by Gasteiger charge is -2.21. The van der Waals surface area contributed by atoms with Crippen LogP contribution >= 0.6 is 35.8 Å². The lowest BCUT2D eigenvalue weighted by atomic mass is 10.0. The number of aromatic nitrogens is 1. The van der Waals surface area contributed by atoms with Crippen molar-refractivity contribution in [1.29, 1.82) is 0 Å². The number of thiol groups is 1. The number of nitrogens with one attached hydrogen (secondary N) is 1. The van der Waals surface area contributed by atoms with Gasteiger partial charge in [0, 0.05) is 16.8 Å². The zero-order valence-corrected chi connectivity index (χ0v) is 18.7. The van der Waals surface area contributed by atoms with Crippen molar-refractivity contribution in [2.75, 3.05) is 11.7 Å². The van der Waals surface area contributed by atoms with Crippen molar-refractivity contribution in [2.24, 2.45) is 5.84 Å². The number of nitrogen functional groups attached to an aromatic ring is 1. The van der Waals surface area contributed by atoms with Crippen molar-refractivity contribution in [2.45, 2.75) is 10.1 Å². The number of anilines is 1. The van der Waals surface area contributed by atoms with Gasteiger partial charge in [0.05, 0.1) is 9.92 Å². The minimum absolute atomic E-state index is 0.0101. The summed E-state index contributed by atoms with van der Waals surface area (Å²) in [5, 5.41) is -1.37. The van der Waals surface area contributed by atoms with Crippen LogP contribution in [0.4, 0.5) is 14.6 Å². The van der Waals surface area contributed by atoms with Crippen LogP contribution in [-0.4, -0.2) is 19.7 Å². The van der Waals surface area contributed by atoms with E-state index < -0.39 is 32.3 Å². The average molecular weight is 492 g/mol. The van der Waals surface area contributed by atoms with Gasteiger partial charge in [-0.3, -0.25) is 0 Å². The second-order valence-corrected chi connectivity index (χ2v) is 8.66. The molecule has 2 aromatic carbocycles. The SMILES string of the molecule is CS.NNc1cc(C(c2cc(F)ccc2F)S(=O)(=O)c2ccc(Cl)cc2)c(Cl)cn1. The van der Waals surface area contributed by atoms with Crippen molar-refractivity contribution in [1.82, 2.24) is 4.98 Å². The Morgan fingerprint density at radius 1 is 1.03 bits per heavy atom. The van der Waals surface area contributed by atoms with E-state index >= 15 is 0 Å². The van der Waals surface area contributed by atoms with Gasteiger partial charge >= 0.3 is 0 Å². The van der Waals surface area contributed by atoms with E-state index in [1.54, 1.807) is 6.26 Å². The molecule has 1 aromatic heterocycles. The largest absolute Gasteiger partial charge is 0.308 e. The molecule has 11 heteroatoms. The van der Waals surface area contributed by atoms with Crippen LogP contribution in [0.2, 0.25) is 10.0 Å². The monoisotopic (exact) mass is 491 g/mol. The maximum atomic E-state index is 14.6. The minimum atomic E-state index is -4.26. The molecule has 160 valence electrons. The highest BCUT2D eigenvalue weighted by molar-refractivity contribution is 7.92. The second-order valence-electron chi connectivity index (χ2n) is 5.78. The predicted molar refractivity (Wildman–Crippen MR) is 119 cm³/mol. The zero-order valence-electron chi connectivity index (χ0n) is 15.5. The molecular weight excluding hydrogens is 475 g/mol. The maximum Gasteiger partial charge on any atom is 0.189 e. The number of nitrogens with zero attached hydrogens (tertiary/aromatic N) is 1. The van der Waals surface area contributed by atoms with Gasteiger partial charge in [-0.05, 0) is 60.4 Å². The molecule has 3 rings (SSSR count). The molecule has 0 aliphatic carbocycles. The number of sulfone groups is 1. The fourth-order valence-electron chi connectivity index (χ4n) is 2.71. The highest BCUT2D eigenvalue weighted by Crippen LogP contribution is 2.40. The van der Waals surface area contributed by atoms with Gasteiger partial charge in [-0.25, -0.2) is 28.0 Å². The number of nitrogens with two attached hydrogens (primary N) is 1. The first-order chi connectivity index (χ1) is 14.2. The summed E-state index contributed by atoms with van der Waals surface area (Å²) in [6.07, 6.45) is 2.87. The van der Waals surface area contributed by atoms with Gasteiger partial charge in [-0.1, -0.05) is 23.2 Å². The van der Waals surface area contributed by atoms with Crippen LogP contribution in [0.5, 0.6) is 0 Å². The molecule has 5 nitrogen and oxygen atoms in total. The van der Waals surface area contributed by atoms with Crippen molar-refractivity contribution in [3.8, 4) is 0 Å². The Morgan fingerprint density at radius 3 is 2.27 bits per heavy atom. The van der Waals surface area contributed by atoms with E-state index in [9.17, 15) is 17.2 Å². The third-order valence-electron chi connectivity index (χ3n) is 4.01. The van der Waals surface area contributed by atoms with Gasteiger partial charge < -0.3 is 5.43 Å². The van der Waals surface area contributed by atoms with E-state index in [-0.39, 0.29) is 21.3 Å². The van der Waals surface area contributed by atoms with Gasteiger partial charge in [0.1, 0.15) is 22.7 Å². The first-order valence-corrected chi connectivity index (χ1v) is 11.4. The minimum Gasteiger partial charge on any atom is -0.308 e. The summed E-state index contributed by atoms with van der Waals surface area (Å²) >= 11 is 15.5. The molecular formula is C19H17Cl2F2N3O2S2. The van der Waals surface area contributed by atoms with Crippen LogP contribution in [0.1, 0.15) is 16.4 Å². The smallest absolute Gasteiger partial charge is 0.189 e. The molecule has 3 N–H and O–H groups in total. The number of pyridine rings is 1. The van der Waals surface area contributed by atoms with Crippen LogP contribution in [0.25, 0.3) is 0 Å². The molecule has 0 aliphatic rings. The summed E-state index contributed by atoms with van der Waals surface area (Å²) < 4.78 is 55.2. The molecule has 0 radical (unpaired) electrons. The first-order valence-electron chi connectivity index (χ1n) is 8.25. The lowest BCUT2D eigenvalue weighted by Crippen LogP contribution is -2.18. The van der Waals surface area contributed by atoms with Gasteiger partial charge in [-0.15, -0.1) is 0 Å². The Bertz CT molecular complexity index is 1130. The fourth-order valence-corrected chi connectivity index (χ4v) is 4.95. The first kappa shape index (κ1) is 24.4. The molecule has 0 saturated carbocycles. The summed E-state index contributed by atoms with van der Waals surface area (Å²) in [5.74, 6) is 3.75. The van der Waals surface area contributed by atoms with Crippen molar-refractivity contribution in [3.63, 3.8) is 0 Å². The molecule has 0 bridgehead atoms. The molecule has 3 aromatic rings. The topological polar surface area (TPSA) is 85.1 Å². The number of halogens is 4. The Kier molecular flexibility index (Phi) is 8.45. The molecule has 0 saturated heterocycles. The van der Waals surface area contributed by atoms with Gasteiger partial charge in [0.2, 0.25) is 0 Å². The molecule has 1 atom stereocenters. The number of hydrogen-bond acceptors (Lipinski definition) is 6. The van der Waals surface area contributed by atoms with E-state index in [0.717, 1.165) is 18.2 Å². The normalized spacial score (nSPS) is 12.0. The van der Waals surface area contributed by atoms with E-state index in [0.29, 0.717) is 5.02 Å². The van der Waals surface area contributed by atoms with Gasteiger partial charge in [-0.2, -0.15) is 12.6 Å². The van der Waals surface area contributed by atoms with Crippen molar-refractivity contribution >= 4 is 51.5 Å². The van der Waals surface area contributed by atoms with Crippen LogP contribution < -0.4 is 11.3 Å². The Labute approximate surface area is 188 Å². The molecule has 0 fully saturated rings. The molecule has 0 amide bonds. The maximum absolute atomic E-state index is 14.6. The van der Waals surface area contributed by atoms with Crippen LogP contribution in [0, 0.1) is 11.6 Å². The summed E-state index contributed by atoms with van der Waals surface area (Å²) in [4.78, 5) is 3.75. The van der Waals surface area contributed by atoms with Gasteiger partial charge in [0.15, 0.2) is 9.84 Å². The van der Waals surface area contributed by atoms with E-state index in [1.165, 1.54) is 36.5 Å². The predicted octanol–water partition coefficient (Wildman–Crippen LogP) is 5.06. The average Bonchev–Trinajstić information content (AvgIpc) is 2.74. The number of rotatable bonds is 5.